The van der Waals surface area contributed by atoms with Crippen LogP contribution in [-0.2, 0) is 6.54 Å². The topological polar surface area (TPSA) is 75.0 Å². The number of benzene rings is 2. The Labute approximate surface area is 181 Å². The quantitative estimate of drug-likeness (QED) is 0.409. The first-order valence-electron chi connectivity index (χ1n) is 9.71. The largest absolute Gasteiger partial charge is 0.496 e. The van der Waals surface area contributed by atoms with Gasteiger partial charge in [0.2, 0.25) is 0 Å². The number of halogens is 2. The summed E-state index contributed by atoms with van der Waals surface area (Å²) in [5.74, 6) is -0.233. The molecule has 0 amide bonds. The van der Waals surface area contributed by atoms with Gasteiger partial charge in [0.25, 0.3) is 0 Å². The van der Waals surface area contributed by atoms with E-state index in [1.54, 1.807) is 55.3 Å². The van der Waals surface area contributed by atoms with E-state index in [4.69, 9.17) is 9.47 Å². The van der Waals surface area contributed by atoms with Crippen molar-refractivity contribution in [3.63, 3.8) is 0 Å². The molecule has 9 heteroatoms. The van der Waals surface area contributed by atoms with Crippen LogP contribution >= 0.6 is 0 Å². The molecule has 7 nitrogen and oxygen atoms in total. The summed E-state index contributed by atoms with van der Waals surface area (Å²) in [6.07, 6.45) is 4.51. The smallest absolute Gasteiger partial charge is 0.197 e. The van der Waals surface area contributed by atoms with Gasteiger partial charge in [0.1, 0.15) is 23.1 Å². The predicted molar refractivity (Wildman–Crippen MR) is 115 cm³/mol. The van der Waals surface area contributed by atoms with Crippen LogP contribution in [0.5, 0.6) is 11.5 Å². The van der Waals surface area contributed by atoms with E-state index in [2.05, 4.69) is 19.9 Å². The lowest BCUT2D eigenvalue weighted by atomic mass is 10.1. The highest BCUT2D eigenvalue weighted by Crippen LogP contribution is 2.37. The van der Waals surface area contributed by atoms with E-state index in [1.807, 2.05) is 0 Å². The van der Waals surface area contributed by atoms with Gasteiger partial charge < -0.3 is 14.0 Å². The standard InChI is InChI=1S/C23H17F2N5O2/c1-31-18-6-3-7-19(32-2)20(18)17-10-27-22-23(29-17)30(12-28-22)11-14-15(24)9-16-13(21(14)25)5-4-8-26-16/h3-10,12H,11H2,1-2H3. The number of aromatic nitrogens is 5. The van der Waals surface area contributed by atoms with Gasteiger partial charge in [-0.15, -0.1) is 0 Å². The molecule has 0 N–H and O–H groups in total. The molecule has 0 atom stereocenters. The Bertz CT molecular complexity index is 1450. The fourth-order valence-corrected chi connectivity index (χ4v) is 3.68. The van der Waals surface area contributed by atoms with Crippen molar-refractivity contribution < 1.29 is 18.3 Å². The van der Waals surface area contributed by atoms with Crippen molar-refractivity contribution in [2.24, 2.45) is 0 Å². The Kier molecular flexibility index (Phi) is 4.85. The molecule has 0 bridgehead atoms. The average molecular weight is 433 g/mol. The zero-order valence-electron chi connectivity index (χ0n) is 17.2. The van der Waals surface area contributed by atoms with Gasteiger partial charge in [-0.05, 0) is 24.3 Å². The minimum absolute atomic E-state index is 0.105. The second-order valence-electron chi connectivity index (χ2n) is 7.03. The Morgan fingerprint density at radius 3 is 2.50 bits per heavy atom. The number of hydrogen-bond donors (Lipinski definition) is 0. The maximum absolute atomic E-state index is 15.1. The molecule has 3 aromatic heterocycles. The molecule has 160 valence electrons. The van der Waals surface area contributed by atoms with E-state index < -0.39 is 11.6 Å². The lowest BCUT2D eigenvalue weighted by Crippen LogP contribution is -2.06. The fraction of sp³-hybridized carbons (Fsp3) is 0.130. The number of methoxy groups -OCH3 is 2. The first kappa shape index (κ1) is 19.8. The third-order valence-electron chi connectivity index (χ3n) is 5.23. The lowest BCUT2D eigenvalue weighted by Gasteiger charge is -2.13. The molecule has 0 radical (unpaired) electrons. The molecular weight excluding hydrogens is 416 g/mol. The summed E-state index contributed by atoms with van der Waals surface area (Å²) in [7, 11) is 3.10. The van der Waals surface area contributed by atoms with Crippen LogP contribution in [-0.4, -0.2) is 38.7 Å². The van der Waals surface area contributed by atoms with Crippen molar-refractivity contribution >= 4 is 22.2 Å². The van der Waals surface area contributed by atoms with Crippen molar-refractivity contribution in [1.29, 1.82) is 0 Å². The van der Waals surface area contributed by atoms with Gasteiger partial charge in [0.05, 0.1) is 50.1 Å². The van der Waals surface area contributed by atoms with Crippen LogP contribution < -0.4 is 9.47 Å². The number of fused-ring (bicyclic) bond motifs is 2. The van der Waals surface area contributed by atoms with Crippen molar-refractivity contribution in [3.05, 3.63) is 72.3 Å². The third-order valence-corrected chi connectivity index (χ3v) is 5.23. The number of imidazole rings is 1. The Hall–Kier alpha value is -4.14. The molecule has 3 heterocycles. The number of ether oxygens (including phenoxy) is 2. The van der Waals surface area contributed by atoms with Crippen molar-refractivity contribution in [2.45, 2.75) is 6.54 Å². The molecule has 5 rings (SSSR count). The predicted octanol–water partition coefficient (Wildman–Crippen LogP) is 4.39. The third kappa shape index (κ3) is 3.18. The van der Waals surface area contributed by atoms with E-state index in [9.17, 15) is 4.39 Å². The molecule has 32 heavy (non-hydrogen) atoms. The van der Waals surface area contributed by atoms with Gasteiger partial charge in [-0.2, -0.15) is 0 Å². The van der Waals surface area contributed by atoms with Crippen LogP contribution in [0.25, 0.3) is 33.5 Å². The Morgan fingerprint density at radius 2 is 1.75 bits per heavy atom. The van der Waals surface area contributed by atoms with Crippen LogP contribution in [0, 0.1) is 11.6 Å². The number of pyridine rings is 1. The van der Waals surface area contributed by atoms with Crippen molar-refractivity contribution in [2.75, 3.05) is 14.2 Å². The van der Waals surface area contributed by atoms with Crippen LogP contribution in [0.15, 0.2) is 55.1 Å². The van der Waals surface area contributed by atoms with E-state index in [-0.39, 0.29) is 23.0 Å². The number of nitrogens with zero attached hydrogens (tertiary/aromatic N) is 5. The Balaban J connectivity index is 1.63. The summed E-state index contributed by atoms with van der Waals surface area (Å²) >= 11 is 0. The van der Waals surface area contributed by atoms with Gasteiger partial charge in [0, 0.05) is 23.2 Å². The summed E-state index contributed by atoms with van der Waals surface area (Å²) in [5, 5.41) is 0.249. The van der Waals surface area contributed by atoms with E-state index >= 15 is 4.39 Å². The molecule has 0 unspecified atom stereocenters. The van der Waals surface area contributed by atoms with Crippen LogP contribution in [0.1, 0.15) is 5.56 Å². The van der Waals surface area contributed by atoms with Gasteiger partial charge in [-0.1, -0.05) is 6.07 Å². The minimum atomic E-state index is -0.689. The first-order valence-corrected chi connectivity index (χ1v) is 9.71. The molecule has 0 aliphatic rings. The maximum atomic E-state index is 15.1. The summed E-state index contributed by atoms with van der Waals surface area (Å²) in [6.45, 7) is -0.111. The maximum Gasteiger partial charge on any atom is 0.197 e. The molecule has 0 fully saturated rings. The zero-order valence-corrected chi connectivity index (χ0v) is 17.2. The molecule has 0 saturated heterocycles. The molecular formula is C23H17F2N5O2. The molecule has 5 aromatic rings. The molecule has 0 saturated carbocycles. The van der Waals surface area contributed by atoms with Crippen LogP contribution in [0.4, 0.5) is 8.78 Å². The summed E-state index contributed by atoms with van der Waals surface area (Å²) in [6, 6.07) is 9.78. The van der Waals surface area contributed by atoms with E-state index in [1.165, 1.54) is 18.6 Å². The molecule has 0 aliphatic heterocycles. The van der Waals surface area contributed by atoms with Crippen molar-refractivity contribution in [3.8, 4) is 22.8 Å². The second kappa shape index (κ2) is 7.84. The normalized spacial score (nSPS) is 11.2. The van der Waals surface area contributed by atoms with Gasteiger partial charge in [-0.3, -0.25) is 4.98 Å². The SMILES string of the molecule is COc1cccc(OC)c1-c1cnc2ncn(Cc3c(F)cc4ncccc4c3F)c2n1. The van der Waals surface area contributed by atoms with E-state index in [0.29, 0.717) is 34.1 Å². The monoisotopic (exact) mass is 433 g/mol. The van der Waals surface area contributed by atoms with Crippen molar-refractivity contribution in [1.82, 2.24) is 24.5 Å². The van der Waals surface area contributed by atoms with Gasteiger partial charge in [-0.25, -0.2) is 23.7 Å². The summed E-state index contributed by atoms with van der Waals surface area (Å²) in [5.41, 5.74) is 1.98. The first-order chi connectivity index (χ1) is 15.6. The van der Waals surface area contributed by atoms with E-state index in [0.717, 1.165) is 0 Å². The van der Waals surface area contributed by atoms with Gasteiger partial charge in [0.15, 0.2) is 11.3 Å². The van der Waals surface area contributed by atoms with Gasteiger partial charge >= 0.3 is 0 Å². The highest BCUT2D eigenvalue weighted by Gasteiger charge is 2.19. The highest BCUT2D eigenvalue weighted by molar-refractivity contribution is 5.80. The average Bonchev–Trinajstić information content (AvgIpc) is 3.23. The van der Waals surface area contributed by atoms with Crippen LogP contribution in [0.2, 0.25) is 0 Å². The zero-order chi connectivity index (χ0) is 22.2. The highest BCUT2D eigenvalue weighted by atomic mass is 19.1. The molecule has 0 aliphatic carbocycles. The molecule has 2 aromatic carbocycles. The second-order valence-corrected chi connectivity index (χ2v) is 7.03. The lowest BCUT2D eigenvalue weighted by molar-refractivity contribution is 0.397. The Morgan fingerprint density at radius 1 is 0.969 bits per heavy atom. The summed E-state index contributed by atoms with van der Waals surface area (Å²) in [4.78, 5) is 17.3. The summed E-state index contributed by atoms with van der Waals surface area (Å²) < 4.78 is 42.3. The number of rotatable bonds is 5. The number of hydrogen-bond acceptors (Lipinski definition) is 6. The minimum Gasteiger partial charge on any atom is -0.496 e. The van der Waals surface area contributed by atoms with Crippen LogP contribution in [0.3, 0.4) is 0 Å². The fourth-order valence-electron chi connectivity index (χ4n) is 3.68. The molecule has 0 spiro atoms.